The second kappa shape index (κ2) is 12.1. The molecule has 2 aliphatic rings. The summed E-state index contributed by atoms with van der Waals surface area (Å²) in [5.74, 6) is -0.841. The number of hydrogen-bond donors (Lipinski definition) is 2. The van der Waals surface area contributed by atoms with Crippen LogP contribution in [0.1, 0.15) is 65.3 Å². The number of fused-ring (bicyclic) bond motifs is 1. The Morgan fingerprint density at radius 3 is 2.30 bits per heavy atom. The number of sulfonamides is 1. The molecule has 0 spiro atoms. The van der Waals surface area contributed by atoms with Gasteiger partial charge in [0, 0.05) is 37.0 Å². The highest BCUT2D eigenvalue weighted by Crippen LogP contribution is 2.37. The maximum Gasteiger partial charge on any atom is 0.414 e. The topological polar surface area (TPSA) is 142 Å². The van der Waals surface area contributed by atoms with Crippen LogP contribution in [0.15, 0.2) is 29.2 Å². The number of carbonyl (C=O) groups excluding carboxylic acids is 4. The van der Waals surface area contributed by atoms with E-state index in [0.717, 1.165) is 22.6 Å². The van der Waals surface area contributed by atoms with Gasteiger partial charge in [0.05, 0.1) is 23.6 Å². The van der Waals surface area contributed by atoms with Crippen molar-refractivity contribution in [2.24, 2.45) is 11.8 Å². The number of anilines is 1. The quantitative estimate of drug-likeness (QED) is 0.525. The number of amides is 4. The zero-order valence-corrected chi connectivity index (χ0v) is 24.6. The normalized spacial score (nSPS) is 19.4. The summed E-state index contributed by atoms with van der Waals surface area (Å²) in [6, 6.07) is 5.68. The fourth-order valence-corrected chi connectivity index (χ4v) is 8.16. The molecule has 40 heavy (non-hydrogen) atoms. The number of alkyl carbamates (subject to hydrolysis) is 1. The molecule has 2 atom stereocenters. The van der Waals surface area contributed by atoms with Gasteiger partial charge in [-0.1, -0.05) is 13.8 Å². The summed E-state index contributed by atoms with van der Waals surface area (Å²) in [6.07, 6.45) is 0.456. The van der Waals surface area contributed by atoms with Gasteiger partial charge in [-0.3, -0.25) is 19.7 Å². The number of carbonyl (C=O) groups is 4. The van der Waals surface area contributed by atoms with Crippen molar-refractivity contribution in [3.05, 3.63) is 45.8 Å². The molecule has 11 nitrogen and oxygen atoms in total. The smallest absolute Gasteiger partial charge is 0.414 e. The van der Waals surface area contributed by atoms with Crippen molar-refractivity contribution in [2.45, 2.75) is 52.0 Å². The summed E-state index contributed by atoms with van der Waals surface area (Å²) in [5.41, 5.74) is 1.01. The highest BCUT2D eigenvalue weighted by molar-refractivity contribution is 7.89. The van der Waals surface area contributed by atoms with Gasteiger partial charge in [-0.25, -0.2) is 13.2 Å². The van der Waals surface area contributed by atoms with E-state index in [1.54, 1.807) is 11.8 Å². The van der Waals surface area contributed by atoms with E-state index in [1.165, 1.54) is 35.5 Å². The van der Waals surface area contributed by atoms with Crippen molar-refractivity contribution in [1.29, 1.82) is 0 Å². The third-order valence-corrected chi connectivity index (χ3v) is 10.0. The van der Waals surface area contributed by atoms with Crippen LogP contribution in [0.4, 0.5) is 9.80 Å². The molecule has 3 heterocycles. The molecular weight excluding hydrogens is 556 g/mol. The first-order valence-electron chi connectivity index (χ1n) is 13.2. The molecular formula is C27H34N4O7S2. The van der Waals surface area contributed by atoms with Crippen molar-refractivity contribution >= 4 is 50.2 Å². The van der Waals surface area contributed by atoms with E-state index in [2.05, 4.69) is 10.6 Å². The third-order valence-electron chi connectivity index (χ3n) is 7.04. The van der Waals surface area contributed by atoms with Gasteiger partial charge in [0.1, 0.15) is 5.00 Å². The zero-order valence-electron chi connectivity index (χ0n) is 23.0. The van der Waals surface area contributed by atoms with Crippen LogP contribution in [-0.4, -0.2) is 67.7 Å². The molecule has 0 saturated carbocycles. The number of rotatable bonds is 6. The molecule has 0 aliphatic carbocycles. The molecule has 1 aromatic heterocycles. The number of piperidine rings is 1. The molecule has 0 bridgehead atoms. The van der Waals surface area contributed by atoms with E-state index >= 15 is 0 Å². The van der Waals surface area contributed by atoms with E-state index in [1.807, 2.05) is 13.8 Å². The maximum absolute atomic E-state index is 13.2. The summed E-state index contributed by atoms with van der Waals surface area (Å²) in [5, 5.41) is 5.17. The lowest BCUT2D eigenvalue weighted by Gasteiger charge is -2.34. The maximum atomic E-state index is 13.2. The van der Waals surface area contributed by atoms with E-state index in [0.29, 0.717) is 31.6 Å². The standard InChI is InChI=1S/C27H34N4O7S2/c1-5-38-27(35)29-25(34)23-21-10-11-30(18(4)32)15-22(21)39-26(23)28-24(33)19-6-8-20(9-7-19)40(36,37)31-13-16(2)12-17(3)14-31/h6-9,16-17H,5,10-15H2,1-4H3,(H,28,33)(H,29,34,35). The molecule has 2 aromatic rings. The Hall–Kier alpha value is -3.29. The SMILES string of the molecule is CCOC(=O)NC(=O)c1c(NC(=O)c2ccc(S(=O)(=O)N3CC(C)CC(C)C3)cc2)sc2c1CCN(C(C)=O)C2. The average molecular weight is 591 g/mol. The molecule has 0 radical (unpaired) electrons. The van der Waals surface area contributed by atoms with E-state index in [-0.39, 0.29) is 51.9 Å². The number of ether oxygens (including phenoxy) is 1. The minimum Gasteiger partial charge on any atom is -0.450 e. The van der Waals surface area contributed by atoms with Gasteiger partial charge in [-0.05, 0) is 61.4 Å². The Morgan fingerprint density at radius 2 is 1.70 bits per heavy atom. The van der Waals surface area contributed by atoms with Crippen LogP contribution in [-0.2, 0) is 32.5 Å². The first-order chi connectivity index (χ1) is 18.9. The molecule has 1 fully saturated rings. The largest absolute Gasteiger partial charge is 0.450 e. The van der Waals surface area contributed by atoms with Crippen molar-refractivity contribution in [2.75, 3.05) is 31.6 Å². The lowest BCUT2D eigenvalue weighted by Crippen LogP contribution is -2.42. The Balaban J connectivity index is 1.57. The Labute approximate surface area is 237 Å². The highest BCUT2D eigenvalue weighted by Gasteiger charge is 2.33. The molecule has 2 aliphatic heterocycles. The van der Waals surface area contributed by atoms with Gasteiger partial charge in [-0.15, -0.1) is 11.3 Å². The predicted molar refractivity (Wildman–Crippen MR) is 150 cm³/mol. The zero-order chi connectivity index (χ0) is 29.2. The Bertz CT molecular complexity index is 1410. The minimum atomic E-state index is -3.70. The molecule has 4 rings (SSSR count). The fourth-order valence-electron chi connectivity index (χ4n) is 5.23. The first-order valence-corrected chi connectivity index (χ1v) is 15.5. The molecule has 1 saturated heterocycles. The van der Waals surface area contributed by atoms with Crippen molar-refractivity contribution in [1.82, 2.24) is 14.5 Å². The van der Waals surface area contributed by atoms with Crippen LogP contribution in [0, 0.1) is 11.8 Å². The van der Waals surface area contributed by atoms with Gasteiger partial charge in [-0.2, -0.15) is 4.31 Å². The number of thiophene rings is 1. The number of nitrogens with one attached hydrogen (secondary N) is 2. The lowest BCUT2D eigenvalue weighted by molar-refractivity contribution is -0.129. The molecule has 2 N–H and O–H groups in total. The minimum absolute atomic E-state index is 0.0829. The van der Waals surface area contributed by atoms with Gasteiger partial charge < -0.3 is 15.0 Å². The Morgan fingerprint density at radius 1 is 1.05 bits per heavy atom. The molecule has 2 unspecified atom stereocenters. The van der Waals surface area contributed by atoms with Crippen LogP contribution < -0.4 is 10.6 Å². The second-order valence-electron chi connectivity index (χ2n) is 10.3. The molecule has 13 heteroatoms. The van der Waals surface area contributed by atoms with Crippen molar-refractivity contribution in [3.8, 4) is 0 Å². The molecule has 1 aromatic carbocycles. The summed E-state index contributed by atoms with van der Waals surface area (Å²) < 4.78 is 32.7. The van der Waals surface area contributed by atoms with Crippen LogP contribution in [0.2, 0.25) is 0 Å². The first kappa shape index (κ1) is 29.7. The van der Waals surface area contributed by atoms with E-state index < -0.39 is 27.9 Å². The van der Waals surface area contributed by atoms with E-state index in [4.69, 9.17) is 4.74 Å². The van der Waals surface area contributed by atoms with Gasteiger partial charge in [0.2, 0.25) is 15.9 Å². The predicted octanol–water partition coefficient (Wildman–Crippen LogP) is 3.46. The fraction of sp³-hybridized carbons (Fsp3) is 0.481. The number of hydrogen-bond acceptors (Lipinski definition) is 8. The number of benzene rings is 1. The van der Waals surface area contributed by atoms with Crippen LogP contribution >= 0.6 is 11.3 Å². The summed E-state index contributed by atoms with van der Waals surface area (Å²) >= 11 is 1.16. The highest BCUT2D eigenvalue weighted by atomic mass is 32.2. The summed E-state index contributed by atoms with van der Waals surface area (Å²) in [4.78, 5) is 52.6. The van der Waals surface area contributed by atoms with Gasteiger partial charge in [0.15, 0.2) is 0 Å². The van der Waals surface area contributed by atoms with Crippen molar-refractivity contribution < 1.29 is 32.3 Å². The third kappa shape index (κ3) is 6.37. The van der Waals surface area contributed by atoms with Crippen LogP contribution in [0.25, 0.3) is 0 Å². The van der Waals surface area contributed by atoms with Crippen molar-refractivity contribution in [3.63, 3.8) is 0 Å². The molecule has 4 amide bonds. The average Bonchev–Trinajstić information content (AvgIpc) is 3.25. The lowest BCUT2D eigenvalue weighted by atomic mass is 9.94. The second-order valence-corrected chi connectivity index (χ2v) is 13.4. The van der Waals surface area contributed by atoms with Crippen LogP contribution in [0.3, 0.4) is 0 Å². The monoisotopic (exact) mass is 590 g/mol. The van der Waals surface area contributed by atoms with Gasteiger partial charge >= 0.3 is 6.09 Å². The van der Waals surface area contributed by atoms with Crippen LogP contribution in [0.5, 0.6) is 0 Å². The summed E-state index contributed by atoms with van der Waals surface area (Å²) in [6.45, 7) is 8.82. The van der Waals surface area contributed by atoms with Gasteiger partial charge in [0.25, 0.3) is 11.8 Å². The molecule has 216 valence electrons. The number of nitrogens with zero attached hydrogens (tertiary/aromatic N) is 2. The summed E-state index contributed by atoms with van der Waals surface area (Å²) in [7, 11) is -3.70. The number of imide groups is 1. The Kier molecular flexibility index (Phi) is 8.96. The van der Waals surface area contributed by atoms with E-state index in [9.17, 15) is 27.6 Å².